The molecular formula is C10H18N4. The SMILES string of the molecule is NCCC1CCCC(n2cnnc2)C1. The standard InChI is InChI=1S/C10H18N4/c11-5-4-9-2-1-3-10(6-9)14-7-12-13-8-14/h7-10H,1-6,11H2. The Balaban J connectivity index is 1.94. The second-order valence-electron chi connectivity index (χ2n) is 4.17. The minimum Gasteiger partial charge on any atom is -0.330 e. The molecule has 4 nitrogen and oxygen atoms in total. The van der Waals surface area contributed by atoms with Crippen LogP contribution >= 0.6 is 0 Å². The normalized spacial score (nSPS) is 27.8. The number of hydrogen-bond donors (Lipinski definition) is 1. The van der Waals surface area contributed by atoms with Crippen molar-refractivity contribution in [3.63, 3.8) is 0 Å². The van der Waals surface area contributed by atoms with Gasteiger partial charge in [-0.25, -0.2) is 0 Å². The second kappa shape index (κ2) is 4.55. The molecule has 78 valence electrons. The van der Waals surface area contributed by atoms with E-state index in [0.29, 0.717) is 6.04 Å². The molecule has 1 heterocycles. The zero-order chi connectivity index (χ0) is 9.80. The number of aromatic nitrogens is 3. The summed E-state index contributed by atoms with van der Waals surface area (Å²) in [4.78, 5) is 0. The van der Waals surface area contributed by atoms with Gasteiger partial charge in [0.05, 0.1) is 0 Å². The molecule has 1 aliphatic carbocycles. The van der Waals surface area contributed by atoms with Crippen molar-refractivity contribution in [1.82, 2.24) is 14.8 Å². The monoisotopic (exact) mass is 194 g/mol. The summed E-state index contributed by atoms with van der Waals surface area (Å²) in [7, 11) is 0. The van der Waals surface area contributed by atoms with E-state index in [9.17, 15) is 0 Å². The Morgan fingerprint density at radius 1 is 1.29 bits per heavy atom. The highest BCUT2D eigenvalue weighted by Crippen LogP contribution is 2.33. The van der Waals surface area contributed by atoms with Crippen LogP contribution in [0, 0.1) is 5.92 Å². The van der Waals surface area contributed by atoms with Gasteiger partial charge in [-0.05, 0) is 31.7 Å². The minimum absolute atomic E-state index is 0.607. The molecule has 0 saturated heterocycles. The van der Waals surface area contributed by atoms with Gasteiger partial charge in [0.25, 0.3) is 0 Å². The van der Waals surface area contributed by atoms with Crippen LogP contribution in [0.25, 0.3) is 0 Å². The lowest BCUT2D eigenvalue weighted by Gasteiger charge is -2.29. The number of nitrogens with zero attached hydrogens (tertiary/aromatic N) is 3. The molecular weight excluding hydrogens is 176 g/mol. The molecule has 0 aromatic carbocycles. The summed E-state index contributed by atoms with van der Waals surface area (Å²) >= 11 is 0. The van der Waals surface area contributed by atoms with Gasteiger partial charge in [0.2, 0.25) is 0 Å². The first-order valence-corrected chi connectivity index (χ1v) is 5.44. The van der Waals surface area contributed by atoms with Crippen molar-refractivity contribution < 1.29 is 0 Å². The van der Waals surface area contributed by atoms with Crippen LogP contribution in [0.15, 0.2) is 12.7 Å². The third kappa shape index (κ3) is 2.12. The Bertz CT molecular complexity index is 255. The smallest absolute Gasteiger partial charge is 0.119 e. The van der Waals surface area contributed by atoms with Crippen LogP contribution in [0.1, 0.15) is 38.1 Å². The summed E-state index contributed by atoms with van der Waals surface area (Å²) in [6, 6.07) is 0.607. The van der Waals surface area contributed by atoms with Crippen molar-refractivity contribution in [2.75, 3.05) is 6.54 Å². The fraction of sp³-hybridized carbons (Fsp3) is 0.800. The average molecular weight is 194 g/mol. The number of rotatable bonds is 3. The van der Waals surface area contributed by atoms with Crippen LogP contribution in [0.3, 0.4) is 0 Å². The predicted molar refractivity (Wildman–Crippen MR) is 54.7 cm³/mol. The van der Waals surface area contributed by atoms with E-state index < -0.39 is 0 Å². The van der Waals surface area contributed by atoms with E-state index in [4.69, 9.17) is 5.73 Å². The van der Waals surface area contributed by atoms with Crippen molar-refractivity contribution in [2.24, 2.45) is 11.7 Å². The van der Waals surface area contributed by atoms with Crippen LogP contribution in [0.5, 0.6) is 0 Å². The molecule has 0 amide bonds. The van der Waals surface area contributed by atoms with Gasteiger partial charge in [-0.15, -0.1) is 10.2 Å². The van der Waals surface area contributed by atoms with Crippen molar-refractivity contribution >= 4 is 0 Å². The lowest BCUT2D eigenvalue weighted by molar-refractivity contribution is 0.257. The molecule has 4 heteroatoms. The summed E-state index contributed by atoms with van der Waals surface area (Å²) in [5.74, 6) is 0.807. The van der Waals surface area contributed by atoms with Crippen molar-refractivity contribution in [3.05, 3.63) is 12.7 Å². The first kappa shape index (κ1) is 9.65. The molecule has 14 heavy (non-hydrogen) atoms. The van der Waals surface area contributed by atoms with Gasteiger partial charge < -0.3 is 10.3 Å². The van der Waals surface area contributed by atoms with Gasteiger partial charge in [-0.1, -0.05) is 12.8 Å². The third-order valence-electron chi connectivity index (χ3n) is 3.19. The Labute approximate surface area is 84.5 Å². The van der Waals surface area contributed by atoms with Crippen LogP contribution < -0.4 is 5.73 Å². The molecule has 0 spiro atoms. The van der Waals surface area contributed by atoms with Crippen molar-refractivity contribution in [2.45, 2.75) is 38.1 Å². The molecule has 0 bridgehead atoms. The Hall–Kier alpha value is -0.900. The van der Waals surface area contributed by atoms with Crippen LogP contribution in [0.2, 0.25) is 0 Å². The van der Waals surface area contributed by atoms with E-state index in [1.54, 1.807) is 0 Å². The first-order chi connectivity index (χ1) is 6.90. The zero-order valence-corrected chi connectivity index (χ0v) is 8.47. The summed E-state index contributed by atoms with van der Waals surface area (Å²) in [5.41, 5.74) is 5.59. The zero-order valence-electron chi connectivity index (χ0n) is 8.47. The lowest BCUT2D eigenvalue weighted by atomic mass is 9.84. The quantitative estimate of drug-likeness (QED) is 0.790. The van der Waals surface area contributed by atoms with E-state index in [2.05, 4.69) is 14.8 Å². The molecule has 2 N–H and O–H groups in total. The van der Waals surface area contributed by atoms with E-state index in [-0.39, 0.29) is 0 Å². The van der Waals surface area contributed by atoms with Crippen molar-refractivity contribution in [3.8, 4) is 0 Å². The fourth-order valence-electron chi connectivity index (χ4n) is 2.43. The summed E-state index contributed by atoms with van der Waals surface area (Å²) in [5, 5.41) is 7.71. The molecule has 2 rings (SSSR count). The van der Waals surface area contributed by atoms with E-state index in [1.165, 1.54) is 32.1 Å². The molecule has 1 fully saturated rings. The van der Waals surface area contributed by atoms with Crippen molar-refractivity contribution in [1.29, 1.82) is 0 Å². The molecule has 1 aromatic rings. The van der Waals surface area contributed by atoms with E-state index >= 15 is 0 Å². The average Bonchev–Trinajstić information content (AvgIpc) is 2.71. The highest BCUT2D eigenvalue weighted by atomic mass is 15.2. The summed E-state index contributed by atoms with van der Waals surface area (Å²) in [6.45, 7) is 0.819. The van der Waals surface area contributed by atoms with Crippen LogP contribution in [-0.2, 0) is 0 Å². The second-order valence-corrected chi connectivity index (χ2v) is 4.17. The number of nitrogens with two attached hydrogens (primary N) is 1. The molecule has 2 atom stereocenters. The number of hydrogen-bond acceptors (Lipinski definition) is 3. The first-order valence-electron chi connectivity index (χ1n) is 5.44. The van der Waals surface area contributed by atoms with E-state index in [0.717, 1.165) is 12.5 Å². The minimum atomic E-state index is 0.607. The molecule has 1 saturated carbocycles. The summed E-state index contributed by atoms with van der Waals surface area (Å²) in [6.07, 6.45) is 9.99. The molecule has 0 radical (unpaired) electrons. The largest absolute Gasteiger partial charge is 0.330 e. The predicted octanol–water partition coefficient (Wildman–Crippen LogP) is 1.36. The van der Waals surface area contributed by atoms with Gasteiger partial charge in [0.1, 0.15) is 12.7 Å². The topological polar surface area (TPSA) is 56.7 Å². The maximum atomic E-state index is 5.59. The van der Waals surface area contributed by atoms with Gasteiger partial charge >= 0.3 is 0 Å². The lowest BCUT2D eigenvalue weighted by Crippen LogP contribution is -2.20. The summed E-state index contributed by atoms with van der Waals surface area (Å²) < 4.78 is 2.14. The highest BCUT2D eigenvalue weighted by Gasteiger charge is 2.22. The Morgan fingerprint density at radius 2 is 2.07 bits per heavy atom. The molecule has 2 unspecified atom stereocenters. The van der Waals surface area contributed by atoms with Crippen LogP contribution in [-0.4, -0.2) is 21.3 Å². The fourth-order valence-corrected chi connectivity index (χ4v) is 2.43. The molecule has 1 aliphatic rings. The highest BCUT2D eigenvalue weighted by molar-refractivity contribution is 4.80. The van der Waals surface area contributed by atoms with Crippen LogP contribution in [0.4, 0.5) is 0 Å². The van der Waals surface area contributed by atoms with E-state index in [1.807, 2.05) is 12.7 Å². The van der Waals surface area contributed by atoms with Gasteiger partial charge in [0, 0.05) is 6.04 Å². The maximum absolute atomic E-state index is 5.59. The molecule has 1 aromatic heterocycles. The van der Waals surface area contributed by atoms with Gasteiger partial charge in [0.15, 0.2) is 0 Å². The third-order valence-corrected chi connectivity index (χ3v) is 3.19. The molecule has 0 aliphatic heterocycles. The van der Waals surface area contributed by atoms with Gasteiger partial charge in [-0.2, -0.15) is 0 Å². The Kier molecular flexibility index (Phi) is 3.14. The Morgan fingerprint density at radius 3 is 2.79 bits per heavy atom. The van der Waals surface area contributed by atoms with Gasteiger partial charge in [-0.3, -0.25) is 0 Å². The maximum Gasteiger partial charge on any atom is 0.119 e.